The minimum Gasteiger partial charge on any atom is -0.253 e. The fraction of sp³-hybridized carbons (Fsp3) is 0.375. The van der Waals surface area contributed by atoms with Gasteiger partial charge in [0, 0.05) is 11.1 Å². The third kappa shape index (κ3) is 2.31. The standard InChI is InChI=1S/C8H11NS/c1-7(2)3-4-8-5-9-6-10-8/h3-7H,1-2H3/b4-3+. The number of nitrogens with zero attached hydrogens (tertiary/aromatic N) is 1. The number of allylic oxidation sites excluding steroid dienone is 1. The zero-order valence-electron chi connectivity index (χ0n) is 6.24. The molecule has 0 aliphatic rings. The van der Waals surface area contributed by atoms with Gasteiger partial charge in [-0.2, -0.15) is 0 Å². The summed E-state index contributed by atoms with van der Waals surface area (Å²) in [7, 11) is 0. The lowest BCUT2D eigenvalue weighted by Gasteiger charge is -1.89. The minimum absolute atomic E-state index is 0.627. The maximum Gasteiger partial charge on any atom is 0.0797 e. The molecule has 0 spiro atoms. The van der Waals surface area contributed by atoms with E-state index in [9.17, 15) is 0 Å². The van der Waals surface area contributed by atoms with Crippen molar-refractivity contribution in [3.8, 4) is 0 Å². The van der Waals surface area contributed by atoms with E-state index in [2.05, 4.69) is 31.0 Å². The van der Waals surface area contributed by atoms with Crippen molar-refractivity contribution in [2.24, 2.45) is 5.92 Å². The van der Waals surface area contributed by atoms with Crippen molar-refractivity contribution < 1.29 is 0 Å². The quantitative estimate of drug-likeness (QED) is 0.636. The zero-order chi connectivity index (χ0) is 7.40. The molecular weight excluding hydrogens is 142 g/mol. The zero-order valence-corrected chi connectivity index (χ0v) is 7.06. The van der Waals surface area contributed by atoms with Gasteiger partial charge < -0.3 is 0 Å². The second kappa shape index (κ2) is 3.52. The lowest BCUT2D eigenvalue weighted by molar-refractivity contribution is 0.836. The van der Waals surface area contributed by atoms with E-state index in [1.54, 1.807) is 11.3 Å². The Balaban J connectivity index is 2.55. The van der Waals surface area contributed by atoms with E-state index < -0.39 is 0 Å². The van der Waals surface area contributed by atoms with Gasteiger partial charge in [-0.15, -0.1) is 11.3 Å². The van der Waals surface area contributed by atoms with Crippen LogP contribution in [0.5, 0.6) is 0 Å². The monoisotopic (exact) mass is 153 g/mol. The highest BCUT2D eigenvalue weighted by atomic mass is 32.1. The summed E-state index contributed by atoms with van der Waals surface area (Å²) in [6.07, 6.45) is 6.17. The highest BCUT2D eigenvalue weighted by Crippen LogP contribution is 2.09. The molecule has 54 valence electrons. The number of hydrogen-bond acceptors (Lipinski definition) is 2. The van der Waals surface area contributed by atoms with Gasteiger partial charge in [0.05, 0.1) is 5.51 Å². The number of hydrogen-bond donors (Lipinski definition) is 0. The maximum atomic E-state index is 3.97. The second-order valence-corrected chi connectivity index (χ2v) is 3.42. The molecule has 1 heterocycles. The summed E-state index contributed by atoms with van der Waals surface area (Å²) in [4.78, 5) is 5.20. The minimum atomic E-state index is 0.627. The van der Waals surface area contributed by atoms with Gasteiger partial charge >= 0.3 is 0 Å². The van der Waals surface area contributed by atoms with Gasteiger partial charge in [-0.1, -0.05) is 19.9 Å². The molecule has 0 amide bonds. The van der Waals surface area contributed by atoms with Gasteiger partial charge in [-0.3, -0.25) is 4.98 Å². The van der Waals surface area contributed by atoms with Gasteiger partial charge in [0.15, 0.2) is 0 Å². The van der Waals surface area contributed by atoms with E-state index in [0.717, 1.165) is 0 Å². The molecule has 0 aliphatic heterocycles. The number of thiazole rings is 1. The van der Waals surface area contributed by atoms with Crippen molar-refractivity contribution in [2.75, 3.05) is 0 Å². The van der Waals surface area contributed by atoms with Crippen LogP contribution in [0.25, 0.3) is 6.08 Å². The first-order valence-electron chi connectivity index (χ1n) is 3.35. The summed E-state index contributed by atoms with van der Waals surface area (Å²) in [5.41, 5.74) is 1.85. The Labute approximate surface area is 65.4 Å². The van der Waals surface area contributed by atoms with Crippen LogP contribution in [0.4, 0.5) is 0 Å². The Morgan fingerprint density at radius 2 is 2.40 bits per heavy atom. The van der Waals surface area contributed by atoms with Crippen LogP contribution in [0.2, 0.25) is 0 Å². The summed E-state index contributed by atoms with van der Waals surface area (Å²) < 4.78 is 0. The van der Waals surface area contributed by atoms with Crippen LogP contribution in [0.3, 0.4) is 0 Å². The fourth-order valence-electron chi connectivity index (χ4n) is 0.595. The van der Waals surface area contributed by atoms with E-state index >= 15 is 0 Å². The Bertz CT molecular complexity index is 199. The third-order valence-electron chi connectivity index (χ3n) is 1.10. The Morgan fingerprint density at radius 1 is 1.60 bits per heavy atom. The SMILES string of the molecule is CC(C)/C=C/c1cncs1. The van der Waals surface area contributed by atoms with Crippen LogP contribution in [0.15, 0.2) is 17.8 Å². The molecular formula is C8H11NS. The molecule has 2 heteroatoms. The summed E-state index contributed by atoms with van der Waals surface area (Å²) >= 11 is 1.67. The molecule has 1 rings (SSSR count). The smallest absolute Gasteiger partial charge is 0.0797 e. The molecule has 0 saturated carbocycles. The molecule has 0 aromatic carbocycles. The van der Waals surface area contributed by atoms with E-state index in [1.807, 2.05) is 11.7 Å². The molecule has 1 aromatic rings. The lowest BCUT2D eigenvalue weighted by Crippen LogP contribution is -1.74. The Kier molecular flexibility index (Phi) is 2.63. The Morgan fingerprint density at radius 3 is 2.90 bits per heavy atom. The van der Waals surface area contributed by atoms with Crippen LogP contribution in [0.1, 0.15) is 18.7 Å². The fourth-order valence-corrected chi connectivity index (χ4v) is 1.12. The summed E-state index contributed by atoms with van der Waals surface area (Å²) in [5.74, 6) is 0.627. The molecule has 0 radical (unpaired) electrons. The third-order valence-corrected chi connectivity index (χ3v) is 1.84. The van der Waals surface area contributed by atoms with Gasteiger partial charge in [-0.25, -0.2) is 0 Å². The molecule has 1 aromatic heterocycles. The molecule has 0 atom stereocenters. The number of rotatable bonds is 2. The van der Waals surface area contributed by atoms with E-state index in [4.69, 9.17) is 0 Å². The normalized spacial score (nSPS) is 11.5. The summed E-state index contributed by atoms with van der Waals surface area (Å²) in [6.45, 7) is 4.33. The average molecular weight is 153 g/mol. The van der Waals surface area contributed by atoms with Crippen molar-refractivity contribution in [3.05, 3.63) is 22.7 Å². The molecule has 0 bridgehead atoms. The predicted molar refractivity (Wildman–Crippen MR) is 46.0 cm³/mol. The average Bonchev–Trinajstić information content (AvgIpc) is 2.34. The maximum absolute atomic E-state index is 3.97. The van der Waals surface area contributed by atoms with Gasteiger partial charge in [-0.05, 0) is 12.0 Å². The van der Waals surface area contributed by atoms with Crippen molar-refractivity contribution in [1.29, 1.82) is 0 Å². The first-order chi connectivity index (χ1) is 4.79. The van der Waals surface area contributed by atoms with Crippen molar-refractivity contribution >= 4 is 17.4 Å². The lowest BCUT2D eigenvalue weighted by atomic mass is 10.2. The topological polar surface area (TPSA) is 12.9 Å². The van der Waals surface area contributed by atoms with Gasteiger partial charge in [0.1, 0.15) is 0 Å². The highest BCUT2D eigenvalue weighted by Gasteiger charge is 1.87. The molecule has 0 saturated heterocycles. The van der Waals surface area contributed by atoms with Crippen molar-refractivity contribution in [2.45, 2.75) is 13.8 Å². The Hall–Kier alpha value is -0.630. The summed E-state index contributed by atoms with van der Waals surface area (Å²) in [5, 5.41) is 0. The number of aromatic nitrogens is 1. The van der Waals surface area contributed by atoms with E-state index in [1.165, 1.54) is 4.88 Å². The second-order valence-electron chi connectivity index (χ2n) is 2.51. The molecule has 0 N–H and O–H groups in total. The van der Waals surface area contributed by atoms with Gasteiger partial charge in [0.25, 0.3) is 0 Å². The molecule has 0 fully saturated rings. The van der Waals surface area contributed by atoms with Gasteiger partial charge in [0.2, 0.25) is 0 Å². The van der Waals surface area contributed by atoms with Crippen LogP contribution in [-0.4, -0.2) is 4.98 Å². The molecule has 0 aliphatic carbocycles. The van der Waals surface area contributed by atoms with Crippen LogP contribution in [-0.2, 0) is 0 Å². The molecule has 0 unspecified atom stereocenters. The van der Waals surface area contributed by atoms with E-state index in [0.29, 0.717) is 5.92 Å². The van der Waals surface area contributed by atoms with Crippen LogP contribution in [0, 0.1) is 5.92 Å². The molecule has 1 nitrogen and oxygen atoms in total. The van der Waals surface area contributed by atoms with Crippen molar-refractivity contribution in [1.82, 2.24) is 4.98 Å². The summed E-state index contributed by atoms with van der Waals surface area (Å²) in [6, 6.07) is 0. The van der Waals surface area contributed by atoms with Crippen molar-refractivity contribution in [3.63, 3.8) is 0 Å². The predicted octanol–water partition coefficient (Wildman–Crippen LogP) is 2.81. The van der Waals surface area contributed by atoms with Crippen LogP contribution >= 0.6 is 11.3 Å². The molecule has 10 heavy (non-hydrogen) atoms. The highest BCUT2D eigenvalue weighted by molar-refractivity contribution is 7.10. The first kappa shape index (κ1) is 7.48. The first-order valence-corrected chi connectivity index (χ1v) is 4.23. The van der Waals surface area contributed by atoms with E-state index in [-0.39, 0.29) is 0 Å². The van der Waals surface area contributed by atoms with Crippen LogP contribution < -0.4 is 0 Å². The largest absolute Gasteiger partial charge is 0.253 e.